The Kier molecular flexibility index (Phi) is 5.89. The average molecular weight is 294 g/mol. The largest absolute Gasteiger partial charge is 0.382 e. The van der Waals surface area contributed by atoms with Crippen molar-refractivity contribution in [3.8, 4) is 0 Å². The van der Waals surface area contributed by atoms with Gasteiger partial charge in [-0.1, -0.05) is 23.7 Å². The molecule has 0 saturated carbocycles. The van der Waals surface area contributed by atoms with Gasteiger partial charge in [0.1, 0.15) is 0 Å². The Morgan fingerprint density at radius 1 is 1.40 bits per heavy atom. The van der Waals surface area contributed by atoms with Crippen LogP contribution in [0.15, 0.2) is 36.7 Å². The SMILES string of the molecule is CCOCCCNc1nccn1Cc1cccc(Cl)c1. The summed E-state index contributed by atoms with van der Waals surface area (Å²) in [5.41, 5.74) is 1.16. The van der Waals surface area contributed by atoms with Crippen LogP contribution in [0.4, 0.5) is 5.95 Å². The summed E-state index contributed by atoms with van der Waals surface area (Å²) in [7, 11) is 0. The Morgan fingerprint density at radius 3 is 3.10 bits per heavy atom. The lowest BCUT2D eigenvalue weighted by Crippen LogP contribution is -2.11. The van der Waals surface area contributed by atoms with Gasteiger partial charge in [-0.3, -0.25) is 0 Å². The molecule has 0 atom stereocenters. The zero-order chi connectivity index (χ0) is 14.2. The molecule has 0 unspecified atom stereocenters. The summed E-state index contributed by atoms with van der Waals surface area (Å²) in [6.45, 7) is 5.16. The van der Waals surface area contributed by atoms with E-state index in [-0.39, 0.29) is 0 Å². The molecule has 20 heavy (non-hydrogen) atoms. The second-order valence-corrected chi connectivity index (χ2v) is 4.92. The van der Waals surface area contributed by atoms with E-state index in [0.29, 0.717) is 0 Å². The van der Waals surface area contributed by atoms with Gasteiger partial charge in [-0.05, 0) is 31.0 Å². The second-order valence-electron chi connectivity index (χ2n) is 4.49. The number of aromatic nitrogens is 2. The van der Waals surface area contributed by atoms with Crippen molar-refractivity contribution in [2.75, 3.05) is 25.1 Å². The van der Waals surface area contributed by atoms with Gasteiger partial charge in [0.15, 0.2) is 0 Å². The quantitative estimate of drug-likeness (QED) is 0.758. The molecule has 2 rings (SSSR count). The topological polar surface area (TPSA) is 39.1 Å². The molecule has 4 nitrogen and oxygen atoms in total. The molecule has 0 aliphatic heterocycles. The molecular weight excluding hydrogens is 274 g/mol. The maximum atomic E-state index is 6.00. The molecule has 0 aliphatic carbocycles. The fourth-order valence-corrected chi connectivity index (χ4v) is 2.17. The summed E-state index contributed by atoms with van der Waals surface area (Å²) < 4.78 is 7.39. The summed E-state index contributed by atoms with van der Waals surface area (Å²) >= 11 is 6.00. The summed E-state index contributed by atoms with van der Waals surface area (Å²) in [4.78, 5) is 4.33. The van der Waals surface area contributed by atoms with Gasteiger partial charge in [0.2, 0.25) is 5.95 Å². The molecule has 5 heteroatoms. The highest BCUT2D eigenvalue weighted by atomic mass is 35.5. The number of nitrogens with zero attached hydrogens (tertiary/aromatic N) is 2. The Balaban J connectivity index is 1.88. The lowest BCUT2D eigenvalue weighted by atomic mass is 10.2. The van der Waals surface area contributed by atoms with Gasteiger partial charge in [-0.15, -0.1) is 0 Å². The summed E-state index contributed by atoms with van der Waals surface area (Å²) in [5.74, 6) is 0.876. The van der Waals surface area contributed by atoms with E-state index in [9.17, 15) is 0 Å². The number of halogens is 1. The van der Waals surface area contributed by atoms with Crippen LogP contribution in [0.5, 0.6) is 0 Å². The number of hydrogen-bond donors (Lipinski definition) is 1. The predicted molar refractivity (Wildman–Crippen MR) is 82.4 cm³/mol. The van der Waals surface area contributed by atoms with E-state index in [2.05, 4.69) is 20.9 Å². The predicted octanol–water partition coefficient (Wildman–Crippen LogP) is 3.42. The zero-order valence-corrected chi connectivity index (χ0v) is 12.4. The number of ether oxygens (including phenoxy) is 1. The van der Waals surface area contributed by atoms with Crippen LogP contribution in [0, 0.1) is 0 Å². The average Bonchev–Trinajstić information content (AvgIpc) is 2.86. The Hall–Kier alpha value is -1.52. The van der Waals surface area contributed by atoms with Crippen LogP contribution in [0.1, 0.15) is 18.9 Å². The summed E-state index contributed by atoms with van der Waals surface area (Å²) in [5, 5.41) is 4.08. The molecule has 1 N–H and O–H groups in total. The second kappa shape index (κ2) is 7.92. The van der Waals surface area contributed by atoms with Crippen LogP contribution >= 0.6 is 11.6 Å². The first-order valence-corrected chi connectivity index (χ1v) is 7.24. The fourth-order valence-electron chi connectivity index (χ4n) is 1.95. The third-order valence-electron chi connectivity index (χ3n) is 2.91. The molecule has 0 fully saturated rings. The van der Waals surface area contributed by atoms with Gasteiger partial charge in [0.25, 0.3) is 0 Å². The Labute approximate surface area is 124 Å². The van der Waals surface area contributed by atoms with Crippen molar-refractivity contribution in [1.29, 1.82) is 0 Å². The fraction of sp³-hybridized carbons (Fsp3) is 0.400. The lowest BCUT2D eigenvalue weighted by Gasteiger charge is -2.10. The number of hydrogen-bond acceptors (Lipinski definition) is 3. The minimum absolute atomic E-state index is 0.758. The first-order chi connectivity index (χ1) is 9.79. The molecule has 1 heterocycles. The Bertz CT molecular complexity index is 527. The molecule has 0 aliphatic rings. The number of benzene rings is 1. The minimum Gasteiger partial charge on any atom is -0.382 e. The van der Waals surface area contributed by atoms with Crippen LogP contribution in [0.3, 0.4) is 0 Å². The molecule has 108 valence electrons. The molecule has 0 radical (unpaired) electrons. The van der Waals surface area contributed by atoms with E-state index >= 15 is 0 Å². The number of imidazole rings is 1. The van der Waals surface area contributed by atoms with Gasteiger partial charge in [0.05, 0.1) is 6.54 Å². The van der Waals surface area contributed by atoms with Crippen molar-refractivity contribution in [2.24, 2.45) is 0 Å². The highest BCUT2D eigenvalue weighted by Crippen LogP contribution is 2.14. The van der Waals surface area contributed by atoms with E-state index in [4.69, 9.17) is 16.3 Å². The van der Waals surface area contributed by atoms with Crippen molar-refractivity contribution in [3.63, 3.8) is 0 Å². The summed E-state index contributed by atoms with van der Waals surface area (Å²) in [6.07, 6.45) is 4.74. The third kappa shape index (κ3) is 4.54. The van der Waals surface area contributed by atoms with Gasteiger partial charge in [-0.25, -0.2) is 4.98 Å². The monoisotopic (exact) mass is 293 g/mol. The van der Waals surface area contributed by atoms with Crippen LogP contribution in [0.2, 0.25) is 5.02 Å². The van der Waals surface area contributed by atoms with Gasteiger partial charge >= 0.3 is 0 Å². The smallest absolute Gasteiger partial charge is 0.203 e. The molecule has 0 amide bonds. The van der Waals surface area contributed by atoms with E-state index in [1.807, 2.05) is 31.3 Å². The van der Waals surface area contributed by atoms with Crippen LogP contribution < -0.4 is 5.32 Å². The molecule has 2 aromatic rings. The van der Waals surface area contributed by atoms with E-state index in [1.165, 1.54) is 0 Å². The number of nitrogens with one attached hydrogen (secondary N) is 1. The van der Waals surface area contributed by atoms with Crippen LogP contribution in [-0.4, -0.2) is 29.3 Å². The van der Waals surface area contributed by atoms with E-state index < -0.39 is 0 Å². The molecule has 1 aromatic heterocycles. The molecule has 0 saturated heterocycles. The molecular formula is C15H20ClN3O. The first-order valence-electron chi connectivity index (χ1n) is 6.87. The minimum atomic E-state index is 0.758. The Morgan fingerprint density at radius 2 is 2.30 bits per heavy atom. The zero-order valence-electron chi connectivity index (χ0n) is 11.7. The molecule has 0 bridgehead atoms. The van der Waals surface area contributed by atoms with Gasteiger partial charge in [0, 0.05) is 37.2 Å². The summed E-state index contributed by atoms with van der Waals surface area (Å²) in [6, 6.07) is 7.88. The van der Waals surface area contributed by atoms with Crippen molar-refractivity contribution < 1.29 is 4.74 Å². The van der Waals surface area contributed by atoms with Crippen molar-refractivity contribution in [2.45, 2.75) is 19.9 Å². The maximum absolute atomic E-state index is 6.00. The number of rotatable bonds is 8. The van der Waals surface area contributed by atoms with E-state index in [1.54, 1.807) is 6.20 Å². The maximum Gasteiger partial charge on any atom is 0.203 e. The van der Waals surface area contributed by atoms with Crippen LogP contribution in [0.25, 0.3) is 0 Å². The molecule has 1 aromatic carbocycles. The standard InChI is InChI=1S/C15H20ClN3O/c1-2-20-10-4-7-17-15-18-8-9-19(15)12-13-5-3-6-14(16)11-13/h3,5-6,8-9,11H,2,4,7,10,12H2,1H3,(H,17,18). The van der Waals surface area contributed by atoms with Gasteiger partial charge in [-0.2, -0.15) is 0 Å². The van der Waals surface area contributed by atoms with Crippen molar-refractivity contribution in [1.82, 2.24) is 9.55 Å². The number of anilines is 1. The van der Waals surface area contributed by atoms with Crippen molar-refractivity contribution in [3.05, 3.63) is 47.2 Å². The van der Waals surface area contributed by atoms with Gasteiger partial charge < -0.3 is 14.6 Å². The van der Waals surface area contributed by atoms with Crippen molar-refractivity contribution >= 4 is 17.5 Å². The molecule has 0 spiro atoms. The normalized spacial score (nSPS) is 10.7. The van der Waals surface area contributed by atoms with Crippen LogP contribution in [-0.2, 0) is 11.3 Å². The van der Waals surface area contributed by atoms with E-state index in [0.717, 1.165) is 49.3 Å². The third-order valence-corrected chi connectivity index (χ3v) is 3.15. The highest BCUT2D eigenvalue weighted by molar-refractivity contribution is 6.30. The lowest BCUT2D eigenvalue weighted by molar-refractivity contribution is 0.147. The highest BCUT2D eigenvalue weighted by Gasteiger charge is 2.03. The first kappa shape index (κ1) is 14.9.